The Morgan fingerprint density at radius 3 is 2.24 bits per heavy atom. The van der Waals surface area contributed by atoms with Gasteiger partial charge in [-0.2, -0.15) is 0 Å². The summed E-state index contributed by atoms with van der Waals surface area (Å²) in [6.45, 7) is 2.06. The molecule has 0 amide bonds. The summed E-state index contributed by atoms with van der Waals surface area (Å²) in [5, 5.41) is 0. The summed E-state index contributed by atoms with van der Waals surface area (Å²) in [5.74, 6) is 0.964. The summed E-state index contributed by atoms with van der Waals surface area (Å²) in [6, 6.07) is 8.31. The van der Waals surface area contributed by atoms with Gasteiger partial charge < -0.3 is 18.9 Å². The highest BCUT2D eigenvalue weighted by atomic mass is 16.7. The number of aryl methyl sites for hydroxylation is 1. The lowest BCUT2D eigenvalue weighted by atomic mass is 10.0. The van der Waals surface area contributed by atoms with Crippen molar-refractivity contribution in [2.75, 3.05) is 27.1 Å². The number of ether oxygens (including phenoxy) is 4. The van der Waals surface area contributed by atoms with Crippen LogP contribution in [0.15, 0.2) is 24.3 Å². The predicted molar refractivity (Wildman–Crippen MR) is 118 cm³/mol. The third-order valence-electron chi connectivity index (χ3n) is 5.59. The zero-order valence-corrected chi connectivity index (χ0v) is 18.5. The second kappa shape index (κ2) is 16.7. The van der Waals surface area contributed by atoms with Crippen molar-refractivity contribution in [3.05, 3.63) is 29.8 Å². The Morgan fingerprint density at radius 1 is 0.862 bits per heavy atom. The van der Waals surface area contributed by atoms with Crippen molar-refractivity contribution in [2.45, 2.75) is 96.2 Å². The van der Waals surface area contributed by atoms with Crippen LogP contribution in [-0.2, 0) is 20.6 Å². The number of rotatable bonds is 17. The van der Waals surface area contributed by atoms with Gasteiger partial charge in [0, 0.05) is 20.3 Å². The van der Waals surface area contributed by atoms with E-state index in [9.17, 15) is 0 Å². The molecule has 0 saturated carbocycles. The van der Waals surface area contributed by atoms with Gasteiger partial charge in [-0.05, 0) is 50.2 Å². The highest BCUT2D eigenvalue weighted by Gasteiger charge is 2.13. The third-order valence-corrected chi connectivity index (χ3v) is 5.59. The lowest BCUT2D eigenvalue weighted by Crippen LogP contribution is -2.22. The van der Waals surface area contributed by atoms with Crippen LogP contribution in [0.25, 0.3) is 0 Å². The summed E-state index contributed by atoms with van der Waals surface area (Å²) < 4.78 is 22.0. The van der Waals surface area contributed by atoms with E-state index in [2.05, 4.69) is 12.1 Å². The summed E-state index contributed by atoms with van der Waals surface area (Å²) in [4.78, 5) is 0. The highest BCUT2D eigenvalue weighted by molar-refractivity contribution is 5.33. The molecule has 1 aliphatic rings. The first-order valence-corrected chi connectivity index (χ1v) is 11.8. The molecule has 1 aromatic carbocycles. The Kier molecular flexibility index (Phi) is 13.9. The van der Waals surface area contributed by atoms with Gasteiger partial charge in [0.25, 0.3) is 0 Å². The van der Waals surface area contributed by atoms with Crippen LogP contribution in [0.3, 0.4) is 0 Å². The fourth-order valence-electron chi connectivity index (χ4n) is 3.86. The first-order chi connectivity index (χ1) is 14.4. The number of benzene rings is 1. The minimum absolute atomic E-state index is 0.0788. The fraction of sp³-hybridized carbons (Fsp3) is 0.760. The Labute approximate surface area is 178 Å². The van der Waals surface area contributed by atoms with Gasteiger partial charge in [-0.1, -0.05) is 69.6 Å². The average Bonchev–Trinajstić information content (AvgIpc) is 2.77. The Balaban J connectivity index is 1.35. The van der Waals surface area contributed by atoms with Crippen LogP contribution in [0.1, 0.15) is 89.0 Å². The van der Waals surface area contributed by atoms with Crippen molar-refractivity contribution < 1.29 is 18.9 Å². The molecule has 0 spiro atoms. The zero-order valence-electron chi connectivity index (χ0n) is 18.5. The minimum Gasteiger partial charge on any atom is -0.467 e. The molecule has 4 heteroatoms. The molecule has 2 rings (SSSR count). The molecule has 166 valence electrons. The maximum Gasteiger partial charge on any atom is 0.188 e. The first kappa shape index (κ1) is 24.2. The Morgan fingerprint density at radius 2 is 1.55 bits per heavy atom. The van der Waals surface area contributed by atoms with Crippen molar-refractivity contribution in [1.29, 1.82) is 0 Å². The van der Waals surface area contributed by atoms with Gasteiger partial charge in [-0.25, -0.2) is 0 Å². The molecular weight excluding hydrogens is 364 g/mol. The molecule has 1 atom stereocenters. The second-order valence-corrected chi connectivity index (χ2v) is 8.11. The lowest BCUT2D eigenvalue weighted by Gasteiger charge is -2.22. The molecule has 1 unspecified atom stereocenters. The van der Waals surface area contributed by atoms with E-state index in [1.165, 1.54) is 82.6 Å². The average molecular weight is 407 g/mol. The van der Waals surface area contributed by atoms with Crippen molar-refractivity contribution in [3.8, 4) is 5.75 Å². The van der Waals surface area contributed by atoms with Gasteiger partial charge >= 0.3 is 0 Å². The van der Waals surface area contributed by atoms with Gasteiger partial charge in [0.05, 0.1) is 0 Å². The molecule has 1 aliphatic heterocycles. The number of para-hydroxylation sites is 1. The topological polar surface area (TPSA) is 36.9 Å². The summed E-state index contributed by atoms with van der Waals surface area (Å²) in [5.41, 5.74) is 1.29. The molecule has 0 N–H and O–H groups in total. The highest BCUT2D eigenvalue weighted by Crippen LogP contribution is 2.21. The molecule has 0 aliphatic carbocycles. The smallest absolute Gasteiger partial charge is 0.188 e. The van der Waals surface area contributed by atoms with E-state index >= 15 is 0 Å². The van der Waals surface area contributed by atoms with E-state index in [0.717, 1.165) is 31.8 Å². The van der Waals surface area contributed by atoms with Crippen LogP contribution < -0.4 is 4.74 Å². The Hall–Kier alpha value is -1.10. The van der Waals surface area contributed by atoms with E-state index in [1.807, 2.05) is 12.1 Å². The van der Waals surface area contributed by atoms with Crippen LogP contribution in [0.5, 0.6) is 5.75 Å². The molecule has 29 heavy (non-hydrogen) atoms. The maximum atomic E-state index is 5.79. The number of hydrogen-bond acceptors (Lipinski definition) is 4. The van der Waals surface area contributed by atoms with Crippen LogP contribution in [0.4, 0.5) is 0 Å². The van der Waals surface area contributed by atoms with E-state index in [0.29, 0.717) is 6.79 Å². The molecule has 1 saturated heterocycles. The molecule has 0 radical (unpaired) electrons. The standard InChI is InChI=1S/C25H42O4/c1-26-22-29-24-18-12-11-17-23(24)16-10-8-6-4-2-3-5-7-9-14-20-27-25-19-13-15-21-28-25/h11-12,17-18,25H,2-10,13-16,19-22H2,1H3. The van der Waals surface area contributed by atoms with Crippen LogP contribution in [0, 0.1) is 0 Å². The van der Waals surface area contributed by atoms with Crippen LogP contribution >= 0.6 is 0 Å². The predicted octanol–water partition coefficient (Wildman–Crippen LogP) is 6.66. The summed E-state index contributed by atoms with van der Waals surface area (Å²) in [6.07, 6.45) is 17.9. The number of methoxy groups -OCH3 is 1. The van der Waals surface area contributed by atoms with Crippen molar-refractivity contribution >= 4 is 0 Å². The van der Waals surface area contributed by atoms with Crippen molar-refractivity contribution in [3.63, 3.8) is 0 Å². The molecule has 0 bridgehead atoms. The van der Waals surface area contributed by atoms with Gasteiger partial charge in [0.15, 0.2) is 13.1 Å². The fourth-order valence-corrected chi connectivity index (χ4v) is 3.86. The molecule has 0 aromatic heterocycles. The van der Waals surface area contributed by atoms with Gasteiger partial charge in [0.1, 0.15) is 5.75 Å². The van der Waals surface area contributed by atoms with Crippen LogP contribution in [-0.4, -0.2) is 33.4 Å². The molecule has 4 nitrogen and oxygen atoms in total. The summed E-state index contributed by atoms with van der Waals surface area (Å²) >= 11 is 0. The molecule has 1 aromatic rings. The monoisotopic (exact) mass is 406 g/mol. The first-order valence-electron chi connectivity index (χ1n) is 11.8. The number of unbranched alkanes of at least 4 members (excludes halogenated alkanes) is 9. The zero-order chi connectivity index (χ0) is 20.4. The number of hydrogen-bond donors (Lipinski definition) is 0. The molecular formula is C25H42O4. The maximum absolute atomic E-state index is 5.79. The lowest BCUT2D eigenvalue weighted by molar-refractivity contribution is -0.162. The van der Waals surface area contributed by atoms with E-state index in [4.69, 9.17) is 18.9 Å². The van der Waals surface area contributed by atoms with E-state index in [-0.39, 0.29) is 6.29 Å². The minimum atomic E-state index is 0.0788. The van der Waals surface area contributed by atoms with Crippen molar-refractivity contribution in [2.24, 2.45) is 0 Å². The van der Waals surface area contributed by atoms with Crippen LogP contribution in [0.2, 0.25) is 0 Å². The summed E-state index contributed by atoms with van der Waals surface area (Å²) in [7, 11) is 1.66. The van der Waals surface area contributed by atoms with Gasteiger partial charge in [0.2, 0.25) is 0 Å². The normalized spacial score (nSPS) is 16.8. The quantitative estimate of drug-likeness (QED) is 0.214. The van der Waals surface area contributed by atoms with Gasteiger partial charge in [-0.15, -0.1) is 0 Å². The van der Waals surface area contributed by atoms with Gasteiger partial charge in [-0.3, -0.25) is 0 Å². The second-order valence-electron chi connectivity index (χ2n) is 8.11. The van der Waals surface area contributed by atoms with E-state index < -0.39 is 0 Å². The third kappa shape index (κ3) is 11.6. The largest absolute Gasteiger partial charge is 0.467 e. The molecule has 1 heterocycles. The molecule has 1 fully saturated rings. The van der Waals surface area contributed by atoms with E-state index in [1.54, 1.807) is 7.11 Å². The van der Waals surface area contributed by atoms with Crippen molar-refractivity contribution in [1.82, 2.24) is 0 Å². The SMILES string of the molecule is COCOc1ccccc1CCCCCCCCCCCCOC1CCCCO1. The Bertz CT molecular complexity index is 499.